The van der Waals surface area contributed by atoms with E-state index in [2.05, 4.69) is 67.2 Å². The lowest BCUT2D eigenvalue weighted by molar-refractivity contribution is 1.41. The molecule has 0 aliphatic rings. The Morgan fingerprint density at radius 3 is 1.76 bits per heavy atom. The monoisotopic (exact) mass is 452 g/mol. The molecule has 4 aromatic rings. The van der Waals surface area contributed by atoms with E-state index in [9.17, 15) is 0 Å². The fourth-order valence-corrected chi connectivity index (χ4v) is 3.58. The van der Waals surface area contributed by atoms with Crippen LogP contribution in [0.3, 0.4) is 0 Å². The molecule has 0 atom stereocenters. The number of fused-ring (bicyclic) bond motifs is 1. The summed E-state index contributed by atoms with van der Waals surface area (Å²) < 4.78 is 2.08. The number of anilines is 1. The molecule has 2 N–H and O–H groups in total. The molecule has 1 heterocycles. The van der Waals surface area contributed by atoms with E-state index in [1.165, 1.54) is 0 Å². The number of nitrogens with zero attached hydrogens (tertiary/aromatic N) is 1. The van der Waals surface area contributed by atoms with Crippen molar-refractivity contribution in [3.05, 3.63) is 81.7 Å². The quantitative estimate of drug-likeness (QED) is 0.367. The molecule has 0 saturated carbocycles. The van der Waals surface area contributed by atoms with Gasteiger partial charge in [-0.1, -0.05) is 74.3 Å². The molecule has 0 fully saturated rings. The van der Waals surface area contributed by atoms with Gasteiger partial charge in [0, 0.05) is 25.5 Å². The molecule has 0 saturated heterocycles. The van der Waals surface area contributed by atoms with Crippen LogP contribution >= 0.6 is 31.9 Å². The number of rotatable bonds is 2. The van der Waals surface area contributed by atoms with Crippen LogP contribution in [0.1, 0.15) is 0 Å². The fraction of sp³-hybridized carbons (Fsp3) is 0. The molecule has 0 bridgehead atoms. The van der Waals surface area contributed by atoms with Crippen molar-refractivity contribution in [1.82, 2.24) is 4.98 Å². The van der Waals surface area contributed by atoms with Gasteiger partial charge in [-0.2, -0.15) is 0 Å². The predicted octanol–water partition coefficient (Wildman–Crippen LogP) is 6.68. The molecule has 1 aromatic heterocycles. The highest BCUT2D eigenvalue weighted by molar-refractivity contribution is 9.10. The zero-order chi connectivity index (χ0) is 17.4. The minimum Gasteiger partial charge on any atom is -0.383 e. The smallest absolute Gasteiger partial charge is 0.132 e. The van der Waals surface area contributed by atoms with E-state index in [-0.39, 0.29) is 0 Å². The van der Waals surface area contributed by atoms with Gasteiger partial charge >= 0.3 is 0 Å². The predicted molar refractivity (Wildman–Crippen MR) is 112 cm³/mol. The first-order valence-electron chi connectivity index (χ1n) is 7.83. The minimum atomic E-state index is 0.541. The third-order valence-electron chi connectivity index (χ3n) is 4.19. The Balaban J connectivity index is 2.10. The van der Waals surface area contributed by atoms with Crippen LogP contribution in [0.25, 0.3) is 33.2 Å². The maximum atomic E-state index is 6.39. The van der Waals surface area contributed by atoms with Gasteiger partial charge in [0.05, 0.1) is 5.52 Å². The lowest BCUT2D eigenvalue weighted by Crippen LogP contribution is -1.99. The van der Waals surface area contributed by atoms with E-state index in [0.717, 1.165) is 42.1 Å². The molecule has 25 heavy (non-hydrogen) atoms. The summed E-state index contributed by atoms with van der Waals surface area (Å²) in [4.78, 5) is 4.63. The zero-order valence-corrected chi connectivity index (χ0v) is 16.4. The molecule has 0 radical (unpaired) electrons. The van der Waals surface area contributed by atoms with Crippen molar-refractivity contribution in [1.29, 1.82) is 0 Å². The number of hydrogen-bond acceptors (Lipinski definition) is 2. The first-order chi connectivity index (χ1) is 12.1. The molecule has 4 heteroatoms. The Kier molecular flexibility index (Phi) is 4.32. The van der Waals surface area contributed by atoms with E-state index in [1.54, 1.807) is 0 Å². The number of halogens is 2. The van der Waals surface area contributed by atoms with Crippen LogP contribution in [0.4, 0.5) is 5.82 Å². The van der Waals surface area contributed by atoms with Gasteiger partial charge in [0.25, 0.3) is 0 Å². The van der Waals surface area contributed by atoms with Gasteiger partial charge in [0.15, 0.2) is 0 Å². The number of benzene rings is 3. The molecule has 122 valence electrons. The first-order valence-corrected chi connectivity index (χ1v) is 9.42. The number of pyridine rings is 1. The number of hydrogen-bond donors (Lipinski definition) is 1. The largest absolute Gasteiger partial charge is 0.383 e. The van der Waals surface area contributed by atoms with Crippen LogP contribution in [0.2, 0.25) is 0 Å². The molecular formula is C21H14Br2N2. The molecular weight excluding hydrogens is 440 g/mol. The third kappa shape index (κ3) is 3.08. The summed E-state index contributed by atoms with van der Waals surface area (Å²) in [5.74, 6) is 0.541. The highest BCUT2D eigenvalue weighted by Crippen LogP contribution is 2.41. The molecule has 4 rings (SSSR count). The SMILES string of the molecule is Nc1nc2ccccc2c(-c2ccc(Br)cc2)c1-c1ccc(Br)cc1. The van der Waals surface area contributed by atoms with Crippen molar-refractivity contribution in [3.8, 4) is 22.3 Å². The number of nitrogens with two attached hydrogens (primary N) is 1. The van der Waals surface area contributed by atoms with Gasteiger partial charge < -0.3 is 5.73 Å². The average molecular weight is 454 g/mol. The van der Waals surface area contributed by atoms with Crippen LogP contribution in [0.15, 0.2) is 81.7 Å². The van der Waals surface area contributed by atoms with Crippen LogP contribution in [-0.4, -0.2) is 4.98 Å². The molecule has 2 nitrogen and oxygen atoms in total. The van der Waals surface area contributed by atoms with E-state index in [1.807, 2.05) is 42.5 Å². The Bertz CT molecular complexity index is 1060. The van der Waals surface area contributed by atoms with Crippen molar-refractivity contribution >= 4 is 48.6 Å². The van der Waals surface area contributed by atoms with Gasteiger partial charge in [0.2, 0.25) is 0 Å². The third-order valence-corrected chi connectivity index (χ3v) is 5.24. The van der Waals surface area contributed by atoms with Crippen molar-refractivity contribution < 1.29 is 0 Å². The van der Waals surface area contributed by atoms with Gasteiger partial charge in [-0.3, -0.25) is 0 Å². The maximum Gasteiger partial charge on any atom is 0.132 e. The second-order valence-electron chi connectivity index (χ2n) is 5.78. The zero-order valence-electron chi connectivity index (χ0n) is 13.2. The topological polar surface area (TPSA) is 38.9 Å². The summed E-state index contributed by atoms with van der Waals surface area (Å²) >= 11 is 7.01. The van der Waals surface area contributed by atoms with E-state index >= 15 is 0 Å². The molecule has 3 aromatic carbocycles. The van der Waals surface area contributed by atoms with Crippen molar-refractivity contribution in [2.75, 3.05) is 5.73 Å². The van der Waals surface area contributed by atoms with Gasteiger partial charge in [0.1, 0.15) is 5.82 Å². The summed E-state index contributed by atoms with van der Waals surface area (Å²) in [7, 11) is 0. The lowest BCUT2D eigenvalue weighted by atomic mass is 9.92. The van der Waals surface area contributed by atoms with Crippen LogP contribution < -0.4 is 5.73 Å². The molecule has 0 unspecified atom stereocenters. The number of nitrogen functional groups attached to an aromatic ring is 1. The highest BCUT2D eigenvalue weighted by atomic mass is 79.9. The summed E-state index contributed by atoms with van der Waals surface area (Å²) in [6.45, 7) is 0. The first kappa shape index (κ1) is 16.3. The van der Waals surface area contributed by atoms with Crippen molar-refractivity contribution in [2.24, 2.45) is 0 Å². The summed E-state index contributed by atoms with van der Waals surface area (Å²) in [6, 6.07) is 24.6. The van der Waals surface area contributed by atoms with Crippen LogP contribution in [0, 0.1) is 0 Å². The Labute approximate surface area is 163 Å². The molecule has 0 aliphatic carbocycles. The van der Waals surface area contributed by atoms with Gasteiger partial charge in [-0.25, -0.2) is 4.98 Å². The Hall–Kier alpha value is -2.17. The normalized spacial score (nSPS) is 11.0. The molecule has 0 amide bonds. The van der Waals surface area contributed by atoms with E-state index in [4.69, 9.17) is 5.73 Å². The minimum absolute atomic E-state index is 0.541. The second-order valence-corrected chi connectivity index (χ2v) is 7.61. The summed E-state index contributed by atoms with van der Waals surface area (Å²) in [6.07, 6.45) is 0. The summed E-state index contributed by atoms with van der Waals surface area (Å²) in [5, 5.41) is 1.09. The van der Waals surface area contributed by atoms with Crippen molar-refractivity contribution in [2.45, 2.75) is 0 Å². The second kappa shape index (κ2) is 6.62. The van der Waals surface area contributed by atoms with E-state index in [0.29, 0.717) is 5.82 Å². The number of aromatic nitrogens is 1. The summed E-state index contributed by atoms with van der Waals surface area (Å²) in [5.41, 5.74) is 11.5. The Morgan fingerprint density at radius 2 is 1.16 bits per heavy atom. The standard InChI is InChI=1S/C21H14Br2N2/c22-15-9-5-13(6-10-15)19-17-3-1-2-4-18(17)25-21(24)20(19)14-7-11-16(23)12-8-14/h1-12H,(H2,24,25). The van der Waals surface area contributed by atoms with Crippen molar-refractivity contribution in [3.63, 3.8) is 0 Å². The van der Waals surface area contributed by atoms with Crippen LogP contribution in [0.5, 0.6) is 0 Å². The maximum absolute atomic E-state index is 6.39. The molecule has 0 aliphatic heterocycles. The molecule has 0 spiro atoms. The van der Waals surface area contributed by atoms with Gasteiger partial charge in [-0.05, 0) is 41.5 Å². The number of para-hydroxylation sites is 1. The highest BCUT2D eigenvalue weighted by Gasteiger charge is 2.16. The average Bonchev–Trinajstić information content (AvgIpc) is 2.62. The Morgan fingerprint density at radius 1 is 0.640 bits per heavy atom. The van der Waals surface area contributed by atoms with E-state index < -0.39 is 0 Å². The van der Waals surface area contributed by atoms with Crippen LogP contribution in [-0.2, 0) is 0 Å². The fourth-order valence-electron chi connectivity index (χ4n) is 3.06. The van der Waals surface area contributed by atoms with Gasteiger partial charge in [-0.15, -0.1) is 0 Å². The lowest BCUT2D eigenvalue weighted by Gasteiger charge is -2.16.